The zero-order valence-electron chi connectivity index (χ0n) is 11.4. The lowest BCUT2D eigenvalue weighted by atomic mass is 10.2. The molecule has 0 bridgehead atoms. The van der Waals surface area contributed by atoms with Gasteiger partial charge in [-0.05, 0) is 24.6 Å². The summed E-state index contributed by atoms with van der Waals surface area (Å²) >= 11 is 0. The standard InChI is InChI=1S/C14H20N4/c1-11-9-14(18(4)16-11)15-10-12-5-7-13(8-6-12)17(2)3/h5-9,15H,10H2,1-4H3. The van der Waals surface area contributed by atoms with Gasteiger partial charge in [-0.2, -0.15) is 5.10 Å². The molecule has 0 fully saturated rings. The first-order valence-electron chi connectivity index (χ1n) is 6.07. The zero-order chi connectivity index (χ0) is 13.1. The Labute approximate surface area is 108 Å². The van der Waals surface area contributed by atoms with Crippen LogP contribution >= 0.6 is 0 Å². The number of nitrogens with zero attached hydrogens (tertiary/aromatic N) is 3. The minimum Gasteiger partial charge on any atom is -0.378 e. The van der Waals surface area contributed by atoms with E-state index in [4.69, 9.17) is 0 Å². The average Bonchev–Trinajstić information content (AvgIpc) is 2.66. The molecule has 1 aromatic heterocycles. The van der Waals surface area contributed by atoms with Crippen molar-refractivity contribution in [1.82, 2.24) is 9.78 Å². The molecule has 0 unspecified atom stereocenters. The van der Waals surface area contributed by atoms with Gasteiger partial charge in [0, 0.05) is 39.4 Å². The van der Waals surface area contributed by atoms with Crippen LogP contribution in [0.25, 0.3) is 0 Å². The first-order chi connectivity index (χ1) is 8.56. The maximum atomic E-state index is 4.31. The summed E-state index contributed by atoms with van der Waals surface area (Å²) in [4.78, 5) is 2.10. The van der Waals surface area contributed by atoms with Crippen LogP contribution in [-0.2, 0) is 13.6 Å². The number of hydrogen-bond donors (Lipinski definition) is 1. The van der Waals surface area contributed by atoms with Crippen molar-refractivity contribution < 1.29 is 0 Å². The van der Waals surface area contributed by atoms with Gasteiger partial charge in [-0.3, -0.25) is 4.68 Å². The molecule has 1 aromatic carbocycles. The molecule has 0 spiro atoms. The van der Waals surface area contributed by atoms with Crippen LogP contribution in [0.5, 0.6) is 0 Å². The summed E-state index contributed by atoms with van der Waals surface area (Å²) in [6.45, 7) is 2.81. The SMILES string of the molecule is Cc1cc(NCc2ccc(N(C)C)cc2)n(C)n1. The molecule has 96 valence electrons. The van der Waals surface area contributed by atoms with Gasteiger partial charge in [0.05, 0.1) is 5.69 Å². The van der Waals surface area contributed by atoms with Gasteiger partial charge in [0.1, 0.15) is 5.82 Å². The topological polar surface area (TPSA) is 33.1 Å². The molecule has 2 aromatic rings. The third-order valence-electron chi connectivity index (χ3n) is 2.93. The number of hydrogen-bond acceptors (Lipinski definition) is 3. The molecule has 4 heteroatoms. The third-order valence-corrected chi connectivity index (χ3v) is 2.93. The molecule has 0 radical (unpaired) electrons. The van der Waals surface area contributed by atoms with Gasteiger partial charge < -0.3 is 10.2 Å². The fourth-order valence-electron chi connectivity index (χ4n) is 1.88. The minimum absolute atomic E-state index is 0.812. The van der Waals surface area contributed by atoms with Gasteiger partial charge in [-0.15, -0.1) is 0 Å². The second kappa shape index (κ2) is 5.12. The van der Waals surface area contributed by atoms with E-state index in [9.17, 15) is 0 Å². The highest BCUT2D eigenvalue weighted by atomic mass is 15.3. The second-order valence-electron chi connectivity index (χ2n) is 4.71. The van der Waals surface area contributed by atoms with Gasteiger partial charge >= 0.3 is 0 Å². The predicted molar refractivity (Wildman–Crippen MR) is 76.0 cm³/mol. The van der Waals surface area contributed by atoms with Crippen LogP contribution < -0.4 is 10.2 Å². The van der Waals surface area contributed by atoms with Crippen molar-refractivity contribution in [2.75, 3.05) is 24.3 Å². The van der Waals surface area contributed by atoms with E-state index in [0.717, 1.165) is 18.1 Å². The highest BCUT2D eigenvalue weighted by molar-refractivity contribution is 5.47. The van der Waals surface area contributed by atoms with Crippen LogP contribution in [0.2, 0.25) is 0 Å². The summed E-state index contributed by atoms with van der Waals surface area (Å²) in [5.41, 5.74) is 3.51. The van der Waals surface area contributed by atoms with Gasteiger partial charge in [0.2, 0.25) is 0 Å². The summed E-state index contributed by atoms with van der Waals surface area (Å²) in [5, 5.41) is 7.69. The Kier molecular flexibility index (Phi) is 3.55. The molecular formula is C14H20N4. The summed E-state index contributed by atoms with van der Waals surface area (Å²) < 4.78 is 1.86. The monoisotopic (exact) mass is 244 g/mol. The van der Waals surface area contributed by atoms with Gasteiger partial charge in [-0.25, -0.2) is 0 Å². The van der Waals surface area contributed by atoms with E-state index < -0.39 is 0 Å². The Bertz CT molecular complexity index is 511. The normalized spacial score (nSPS) is 10.4. The van der Waals surface area contributed by atoms with Crippen LogP contribution in [0.15, 0.2) is 30.3 Å². The van der Waals surface area contributed by atoms with Gasteiger partial charge in [-0.1, -0.05) is 12.1 Å². The van der Waals surface area contributed by atoms with E-state index >= 15 is 0 Å². The highest BCUT2D eigenvalue weighted by Crippen LogP contribution is 2.14. The van der Waals surface area contributed by atoms with E-state index in [1.165, 1.54) is 11.3 Å². The molecule has 0 saturated heterocycles. The Morgan fingerprint density at radius 2 is 1.89 bits per heavy atom. The molecule has 1 heterocycles. The largest absolute Gasteiger partial charge is 0.378 e. The van der Waals surface area contributed by atoms with Crippen molar-refractivity contribution in [3.8, 4) is 0 Å². The number of benzene rings is 1. The van der Waals surface area contributed by atoms with Gasteiger partial charge in [0.15, 0.2) is 0 Å². The molecule has 0 saturated carbocycles. The number of anilines is 2. The van der Waals surface area contributed by atoms with E-state index in [0.29, 0.717) is 0 Å². The third kappa shape index (κ3) is 2.83. The van der Waals surface area contributed by atoms with Crippen LogP contribution in [0.3, 0.4) is 0 Å². The van der Waals surface area contributed by atoms with Crippen molar-refractivity contribution in [2.45, 2.75) is 13.5 Å². The smallest absolute Gasteiger partial charge is 0.124 e. The molecule has 0 aliphatic heterocycles. The second-order valence-corrected chi connectivity index (χ2v) is 4.71. The van der Waals surface area contributed by atoms with E-state index in [2.05, 4.69) is 39.6 Å². The first-order valence-corrected chi connectivity index (χ1v) is 6.07. The van der Waals surface area contributed by atoms with Crippen LogP contribution in [0.4, 0.5) is 11.5 Å². The molecule has 18 heavy (non-hydrogen) atoms. The molecule has 4 nitrogen and oxygen atoms in total. The molecule has 2 rings (SSSR count). The fourth-order valence-corrected chi connectivity index (χ4v) is 1.88. The lowest BCUT2D eigenvalue weighted by Crippen LogP contribution is -2.09. The molecule has 0 aliphatic carbocycles. The van der Waals surface area contributed by atoms with Crippen molar-refractivity contribution >= 4 is 11.5 Å². The molecule has 0 amide bonds. The summed E-state index contributed by atoms with van der Waals surface area (Å²) in [6.07, 6.45) is 0. The van der Waals surface area contributed by atoms with E-state index in [1.807, 2.05) is 38.8 Å². The Hall–Kier alpha value is -1.97. The summed E-state index contributed by atoms with van der Waals surface area (Å²) in [5.74, 6) is 1.05. The Morgan fingerprint density at radius 3 is 2.39 bits per heavy atom. The highest BCUT2D eigenvalue weighted by Gasteiger charge is 2.01. The first kappa shape index (κ1) is 12.5. The maximum Gasteiger partial charge on any atom is 0.124 e. The molecular weight excluding hydrogens is 224 g/mol. The van der Waals surface area contributed by atoms with Crippen molar-refractivity contribution in [1.29, 1.82) is 0 Å². The lowest BCUT2D eigenvalue weighted by molar-refractivity contribution is 0.758. The average molecular weight is 244 g/mol. The lowest BCUT2D eigenvalue weighted by Gasteiger charge is -2.13. The number of nitrogens with one attached hydrogen (secondary N) is 1. The van der Waals surface area contributed by atoms with Crippen LogP contribution in [0.1, 0.15) is 11.3 Å². The fraction of sp³-hybridized carbons (Fsp3) is 0.357. The number of aromatic nitrogens is 2. The zero-order valence-corrected chi connectivity index (χ0v) is 11.4. The van der Waals surface area contributed by atoms with Crippen LogP contribution in [-0.4, -0.2) is 23.9 Å². The molecule has 0 aliphatic rings. The minimum atomic E-state index is 0.812. The van der Waals surface area contributed by atoms with Gasteiger partial charge in [0.25, 0.3) is 0 Å². The van der Waals surface area contributed by atoms with E-state index in [-0.39, 0.29) is 0 Å². The van der Waals surface area contributed by atoms with Crippen LogP contribution in [0, 0.1) is 6.92 Å². The number of rotatable bonds is 4. The maximum absolute atomic E-state index is 4.31. The van der Waals surface area contributed by atoms with Crippen molar-refractivity contribution in [3.05, 3.63) is 41.6 Å². The number of aryl methyl sites for hydroxylation is 2. The Balaban J connectivity index is 2.00. The molecule has 0 atom stereocenters. The summed E-state index contributed by atoms with van der Waals surface area (Å²) in [7, 11) is 6.04. The summed E-state index contributed by atoms with van der Waals surface area (Å²) in [6, 6.07) is 10.6. The Morgan fingerprint density at radius 1 is 1.22 bits per heavy atom. The predicted octanol–water partition coefficient (Wildman–Crippen LogP) is 2.41. The van der Waals surface area contributed by atoms with Crippen molar-refractivity contribution in [2.24, 2.45) is 7.05 Å². The van der Waals surface area contributed by atoms with E-state index in [1.54, 1.807) is 0 Å². The molecule has 1 N–H and O–H groups in total. The quantitative estimate of drug-likeness (QED) is 0.896. The van der Waals surface area contributed by atoms with Crippen molar-refractivity contribution in [3.63, 3.8) is 0 Å².